The van der Waals surface area contributed by atoms with Gasteiger partial charge in [0, 0.05) is 18.9 Å². The third-order valence-corrected chi connectivity index (χ3v) is 3.06. The summed E-state index contributed by atoms with van der Waals surface area (Å²) in [5, 5.41) is 0. The van der Waals surface area contributed by atoms with Crippen LogP contribution in [0.5, 0.6) is 0 Å². The second kappa shape index (κ2) is 2.98. The van der Waals surface area contributed by atoms with Crippen molar-refractivity contribution < 1.29 is 14.2 Å². The highest BCUT2D eigenvalue weighted by Crippen LogP contribution is 2.36. The van der Waals surface area contributed by atoms with E-state index in [0.717, 1.165) is 6.61 Å². The van der Waals surface area contributed by atoms with Crippen LogP contribution in [-0.2, 0) is 14.2 Å². The summed E-state index contributed by atoms with van der Waals surface area (Å²) in [6.07, 6.45) is 0.503. The molecule has 2 heterocycles. The van der Waals surface area contributed by atoms with Gasteiger partial charge in [-0.2, -0.15) is 0 Å². The van der Waals surface area contributed by atoms with E-state index in [-0.39, 0.29) is 18.5 Å². The number of fused-ring (bicyclic) bond motifs is 2. The van der Waals surface area contributed by atoms with Gasteiger partial charge in [-0.3, -0.25) is 0 Å². The molecule has 3 nitrogen and oxygen atoms in total. The van der Waals surface area contributed by atoms with E-state index in [1.165, 1.54) is 0 Å². The van der Waals surface area contributed by atoms with Gasteiger partial charge in [0.15, 0.2) is 6.29 Å². The lowest BCUT2D eigenvalue weighted by molar-refractivity contribution is -0.183. The molecule has 2 aliphatic heterocycles. The second-order valence-electron chi connectivity index (χ2n) is 3.79. The Morgan fingerprint density at radius 3 is 2.67 bits per heavy atom. The van der Waals surface area contributed by atoms with Gasteiger partial charge >= 0.3 is 0 Å². The van der Waals surface area contributed by atoms with Crippen LogP contribution in [0, 0.1) is 11.8 Å². The minimum atomic E-state index is -0.0313. The number of ether oxygens (including phenoxy) is 3. The maximum absolute atomic E-state index is 5.65. The Labute approximate surface area is 73.0 Å². The van der Waals surface area contributed by atoms with Gasteiger partial charge in [0.05, 0.1) is 18.8 Å². The quantitative estimate of drug-likeness (QED) is 0.591. The Morgan fingerprint density at radius 2 is 2.00 bits per heavy atom. The van der Waals surface area contributed by atoms with Gasteiger partial charge in [-0.15, -0.1) is 0 Å². The highest BCUT2D eigenvalue weighted by atomic mass is 16.7. The summed E-state index contributed by atoms with van der Waals surface area (Å²) in [6, 6.07) is 0. The highest BCUT2D eigenvalue weighted by molar-refractivity contribution is 4.89. The Bertz CT molecular complexity index is 155. The average molecular weight is 172 g/mol. The summed E-state index contributed by atoms with van der Waals surface area (Å²) in [4.78, 5) is 0. The van der Waals surface area contributed by atoms with E-state index >= 15 is 0 Å². The first-order chi connectivity index (χ1) is 5.74. The van der Waals surface area contributed by atoms with Crippen molar-refractivity contribution in [3.63, 3.8) is 0 Å². The molecule has 2 bridgehead atoms. The summed E-state index contributed by atoms with van der Waals surface area (Å²) in [6.45, 7) is 5.02. The third kappa shape index (κ3) is 1.08. The molecule has 0 aromatic heterocycles. The summed E-state index contributed by atoms with van der Waals surface area (Å²) >= 11 is 0. The molecule has 70 valence electrons. The van der Waals surface area contributed by atoms with Crippen molar-refractivity contribution in [2.24, 2.45) is 11.8 Å². The first kappa shape index (κ1) is 8.48. The maximum Gasteiger partial charge on any atom is 0.163 e. The number of rotatable bonds is 1. The molecule has 3 unspecified atom stereocenters. The molecular weight excluding hydrogens is 156 g/mol. The zero-order valence-electron chi connectivity index (χ0n) is 7.82. The molecule has 2 rings (SSSR count). The van der Waals surface area contributed by atoms with Crippen molar-refractivity contribution in [1.29, 1.82) is 0 Å². The van der Waals surface area contributed by atoms with Crippen molar-refractivity contribution in [2.45, 2.75) is 32.3 Å². The van der Waals surface area contributed by atoms with Crippen molar-refractivity contribution in [3.8, 4) is 0 Å². The average Bonchev–Trinajstić information content (AvgIpc) is 2.48. The lowest BCUT2D eigenvalue weighted by atomic mass is 9.87. The number of hydrogen-bond acceptors (Lipinski definition) is 3. The predicted octanol–water partition coefficient (Wildman–Crippen LogP) is 1.03. The smallest absolute Gasteiger partial charge is 0.163 e. The molecule has 12 heavy (non-hydrogen) atoms. The molecule has 0 aromatic rings. The molecule has 0 N–H and O–H groups in total. The fourth-order valence-corrected chi connectivity index (χ4v) is 2.27. The molecule has 5 atom stereocenters. The molecule has 0 aromatic carbocycles. The molecule has 0 amide bonds. The van der Waals surface area contributed by atoms with Crippen LogP contribution in [0.25, 0.3) is 0 Å². The first-order valence-electron chi connectivity index (χ1n) is 4.54. The van der Waals surface area contributed by atoms with Crippen molar-refractivity contribution >= 4 is 0 Å². The molecule has 0 saturated carbocycles. The van der Waals surface area contributed by atoms with Crippen LogP contribution in [0.15, 0.2) is 0 Å². The van der Waals surface area contributed by atoms with E-state index in [1.54, 1.807) is 7.11 Å². The molecule has 2 aliphatic rings. The van der Waals surface area contributed by atoms with E-state index in [4.69, 9.17) is 14.2 Å². The largest absolute Gasteiger partial charge is 0.381 e. The van der Waals surface area contributed by atoms with Gasteiger partial charge in [-0.25, -0.2) is 0 Å². The van der Waals surface area contributed by atoms with Crippen molar-refractivity contribution in [1.82, 2.24) is 0 Å². The van der Waals surface area contributed by atoms with E-state index < -0.39 is 0 Å². The summed E-state index contributed by atoms with van der Waals surface area (Å²) in [7, 11) is 1.77. The molecule has 0 spiro atoms. The SMILES string of the molecule is COC1C(C)[C@@H]2COC(O2)[C@H]1C. The van der Waals surface area contributed by atoms with Crippen molar-refractivity contribution in [3.05, 3.63) is 0 Å². The van der Waals surface area contributed by atoms with Crippen LogP contribution in [0.1, 0.15) is 13.8 Å². The van der Waals surface area contributed by atoms with Crippen LogP contribution in [0.4, 0.5) is 0 Å². The normalized spacial score (nSPS) is 52.8. The molecule has 3 heteroatoms. The van der Waals surface area contributed by atoms with Gasteiger partial charge in [0.25, 0.3) is 0 Å². The molecule has 2 fully saturated rings. The second-order valence-corrected chi connectivity index (χ2v) is 3.79. The first-order valence-corrected chi connectivity index (χ1v) is 4.54. The molecule has 2 saturated heterocycles. The van der Waals surface area contributed by atoms with Gasteiger partial charge in [0.1, 0.15) is 0 Å². The van der Waals surface area contributed by atoms with Gasteiger partial charge in [-0.05, 0) is 0 Å². The zero-order valence-corrected chi connectivity index (χ0v) is 7.82. The minimum Gasteiger partial charge on any atom is -0.381 e. The standard InChI is InChI=1S/C9H16O3/c1-5-7-4-11-9(12-7)6(2)8(5)10-3/h5-9H,4H2,1-3H3/t5?,6-,7-,8?,9?/m0/s1. The third-order valence-electron chi connectivity index (χ3n) is 3.06. The molecule has 0 aliphatic carbocycles. The van der Waals surface area contributed by atoms with E-state index in [2.05, 4.69) is 13.8 Å². The van der Waals surface area contributed by atoms with Crippen LogP contribution in [0.3, 0.4) is 0 Å². The minimum absolute atomic E-state index is 0.0313. The fourth-order valence-electron chi connectivity index (χ4n) is 2.27. The van der Waals surface area contributed by atoms with Crippen LogP contribution >= 0.6 is 0 Å². The number of methoxy groups -OCH3 is 1. The summed E-state index contributed by atoms with van der Waals surface area (Å²) in [5.74, 6) is 0.799. The lowest BCUT2D eigenvalue weighted by Gasteiger charge is -2.36. The number of hydrogen-bond donors (Lipinski definition) is 0. The van der Waals surface area contributed by atoms with E-state index in [1.807, 2.05) is 0 Å². The van der Waals surface area contributed by atoms with Crippen molar-refractivity contribution in [2.75, 3.05) is 13.7 Å². The van der Waals surface area contributed by atoms with E-state index in [0.29, 0.717) is 11.8 Å². The monoisotopic (exact) mass is 172 g/mol. The molecular formula is C9H16O3. The topological polar surface area (TPSA) is 27.7 Å². The van der Waals surface area contributed by atoms with Gasteiger partial charge < -0.3 is 14.2 Å². The Hall–Kier alpha value is -0.120. The Morgan fingerprint density at radius 1 is 1.25 bits per heavy atom. The fraction of sp³-hybridized carbons (Fsp3) is 1.00. The van der Waals surface area contributed by atoms with Crippen LogP contribution in [0.2, 0.25) is 0 Å². The van der Waals surface area contributed by atoms with Gasteiger partial charge in [0.2, 0.25) is 0 Å². The Kier molecular flexibility index (Phi) is 2.10. The Balaban J connectivity index is 2.14. The van der Waals surface area contributed by atoms with Crippen LogP contribution in [-0.4, -0.2) is 32.2 Å². The highest BCUT2D eigenvalue weighted by Gasteiger charge is 2.46. The van der Waals surface area contributed by atoms with Crippen LogP contribution < -0.4 is 0 Å². The predicted molar refractivity (Wildman–Crippen MR) is 43.7 cm³/mol. The lowest BCUT2D eigenvalue weighted by Crippen LogP contribution is -2.45. The zero-order chi connectivity index (χ0) is 8.72. The van der Waals surface area contributed by atoms with Gasteiger partial charge in [-0.1, -0.05) is 13.8 Å². The van der Waals surface area contributed by atoms with E-state index in [9.17, 15) is 0 Å². The maximum atomic E-state index is 5.65. The summed E-state index contributed by atoms with van der Waals surface area (Å²) < 4.78 is 16.6. The summed E-state index contributed by atoms with van der Waals surface area (Å²) in [5.41, 5.74) is 0. The molecule has 0 radical (unpaired) electrons.